The molecule has 0 saturated carbocycles. The Morgan fingerprint density at radius 3 is 2.78 bits per heavy atom. The van der Waals surface area contributed by atoms with E-state index < -0.39 is 0 Å². The van der Waals surface area contributed by atoms with Crippen LogP contribution in [0.5, 0.6) is 0 Å². The van der Waals surface area contributed by atoms with E-state index in [2.05, 4.69) is 54.7 Å². The van der Waals surface area contributed by atoms with Crippen LogP contribution in [0.15, 0.2) is 16.8 Å². The molecule has 1 saturated heterocycles. The maximum atomic E-state index is 3.71. The van der Waals surface area contributed by atoms with Gasteiger partial charge in [-0.05, 0) is 41.7 Å². The highest BCUT2D eigenvalue weighted by atomic mass is 32.1. The van der Waals surface area contributed by atoms with Gasteiger partial charge in [0.1, 0.15) is 0 Å². The number of thiophene rings is 1. The van der Waals surface area contributed by atoms with E-state index in [1.165, 1.54) is 18.5 Å². The zero-order chi connectivity index (χ0) is 13.1. The Balaban J connectivity index is 2.10. The van der Waals surface area contributed by atoms with Gasteiger partial charge in [-0.3, -0.25) is 4.90 Å². The van der Waals surface area contributed by atoms with Crippen molar-refractivity contribution in [2.75, 3.05) is 13.1 Å². The van der Waals surface area contributed by atoms with Gasteiger partial charge in [0, 0.05) is 31.2 Å². The first-order valence-corrected chi connectivity index (χ1v) is 8.09. The second kappa shape index (κ2) is 6.18. The third-order valence-electron chi connectivity index (χ3n) is 4.29. The summed E-state index contributed by atoms with van der Waals surface area (Å²) in [6.45, 7) is 11.6. The Morgan fingerprint density at radius 2 is 2.22 bits per heavy atom. The quantitative estimate of drug-likeness (QED) is 0.897. The number of nitrogens with zero attached hydrogens (tertiary/aromatic N) is 1. The largest absolute Gasteiger partial charge is 0.311 e. The summed E-state index contributed by atoms with van der Waals surface area (Å²) >= 11 is 1.81. The second-order valence-corrected chi connectivity index (χ2v) is 6.53. The highest BCUT2D eigenvalue weighted by Crippen LogP contribution is 2.28. The van der Waals surface area contributed by atoms with E-state index in [1.807, 2.05) is 0 Å². The van der Waals surface area contributed by atoms with Crippen LogP contribution in [0.25, 0.3) is 0 Å². The van der Waals surface area contributed by atoms with Crippen molar-refractivity contribution in [3.8, 4) is 0 Å². The molecule has 3 unspecified atom stereocenters. The van der Waals surface area contributed by atoms with E-state index >= 15 is 0 Å². The van der Waals surface area contributed by atoms with E-state index in [4.69, 9.17) is 0 Å². The van der Waals surface area contributed by atoms with Gasteiger partial charge in [-0.15, -0.1) is 0 Å². The monoisotopic (exact) mass is 266 g/mol. The van der Waals surface area contributed by atoms with Crippen LogP contribution in [-0.2, 0) is 0 Å². The van der Waals surface area contributed by atoms with E-state index in [0.29, 0.717) is 24.0 Å². The second-order valence-electron chi connectivity index (χ2n) is 5.75. The predicted octanol–water partition coefficient (Wildman–Crippen LogP) is 3.52. The molecule has 0 aromatic carbocycles. The summed E-state index contributed by atoms with van der Waals surface area (Å²) in [7, 11) is 0. The normalized spacial score (nSPS) is 27.6. The molecule has 1 N–H and O–H groups in total. The van der Waals surface area contributed by atoms with Crippen molar-refractivity contribution in [2.45, 2.75) is 52.2 Å². The molecule has 0 radical (unpaired) electrons. The minimum Gasteiger partial charge on any atom is -0.311 e. The molecule has 2 heterocycles. The molecule has 0 amide bonds. The fourth-order valence-electron chi connectivity index (χ4n) is 2.85. The molecule has 2 nitrogen and oxygen atoms in total. The third kappa shape index (κ3) is 2.95. The van der Waals surface area contributed by atoms with Gasteiger partial charge in [-0.1, -0.05) is 20.8 Å². The van der Waals surface area contributed by atoms with Crippen LogP contribution in [0.1, 0.15) is 45.7 Å². The van der Waals surface area contributed by atoms with Crippen molar-refractivity contribution in [1.82, 2.24) is 10.2 Å². The molecule has 2 rings (SSSR count). The molecule has 1 aromatic heterocycles. The molecule has 1 aliphatic heterocycles. The van der Waals surface area contributed by atoms with Gasteiger partial charge in [0.05, 0.1) is 0 Å². The molecular formula is C15H26N2S. The molecule has 18 heavy (non-hydrogen) atoms. The summed E-state index contributed by atoms with van der Waals surface area (Å²) in [5.41, 5.74) is 1.47. The Labute approximate surface area is 115 Å². The lowest BCUT2D eigenvalue weighted by molar-refractivity contribution is 0.0738. The Morgan fingerprint density at radius 1 is 1.44 bits per heavy atom. The van der Waals surface area contributed by atoms with Crippen LogP contribution in [0, 0.1) is 5.92 Å². The molecule has 0 aliphatic carbocycles. The van der Waals surface area contributed by atoms with Gasteiger partial charge in [0.15, 0.2) is 0 Å². The highest BCUT2D eigenvalue weighted by molar-refractivity contribution is 7.07. The lowest BCUT2D eigenvalue weighted by Crippen LogP contribution is -2.58. The first kappa shape index (κ1) is 14.0. The zero-order valence-corrected chi connectivity index (χ0v) is 12.8. The minimum atomic E-state index is 0.546. The van der Waals surface area contributed by atoms with Gasteiger partial charge in [-0.2, -0.15) is 11.3 Å². The van der Waals surface area contributed by atoms with Gasteiger partial charge in [0.2, 0.25) is 0 Å². The average molecular weight is 266 g/mol. The highest BCUT2D eigenvalue weighted by Gasteiger charge is 2.31. The van der Waals surface area contributed by atoms with Gasteiger partial charge in [0.25, 0.3) is 0 Å². The van der Waals surface area contributed by atoms with Gasteiger partial charge in [-0.25, -0.2) is 0 Å². The smallest absolute Gasteiger partial charge is 0.0332 e. The molecule has 3 heteroatoms. The number of nitrogens with one attached hydrogen (secondary N) is 1. The van der Waals surface area contributed by atoms with Crippen LogP contribution < -0.4 is 5.32 Å². The zero-order valence-electron chi connectivity index (χ0n) is 12.0. The Hall–Kier alpha value is -0.380. The van der Waals surface area contributed by atoms with E-state index in [9.17, 15) is 0 Å². The van der Waals surface area contributed by atoms with Crippen molar-refractivity contribution < 1.29 is 0 Å². The standard InChI is InChI=1S/C15H26N2S/c1-5-14-8-16-15(11(2)3)9-17(14)12(4)13-6-7-18-10-13/h6-7,10-12,14-16H,5,8-9H2,1-4H3. The van der Waals surface area contributed by atoms with Crippen molar-refractivity contribution in [3.05, 3.63) is 22.4 Å². The van der Waals surface area contributed by atoms with Crippen LogP contribution in [0.2, 0.25) is 0 Å². The van der Waals surface area contributed by atoms with Crippen LogP contribution in [0.3, 0.4) is 0 Å². The number of rotatable bonds is 4. The maximum absolute atomic E-state index is 3.71. The van der Waals surface area contributed by atoms with Crippen LogP contribution in [-0.4, -0.2) is 30.1 Å². The van der Waals surface area contributed by atoms with Crippen LogP contribution >= 0.6 is 11.3 Å². The molecule has 0 spiro atoms. The predicted molar refractivity (Wildman–Crippen MR) is 80.1 cm³/mol. The third-order valence-corrected chi connectivity index (χ3v) is 4.99. The first-order valence-electron chi connectivity index (χ1n) is 7.14. The summed E-state index contributed by atoms with van der Waals surface area (Å²) in [5.74, 6) is 0.708. The summed E-state index contributed by atoms with van der Waals surface area (Å²) in [6, 6.07) is 4.13. The first-order chi connectivity index (χ1) is 8.63. The molecule has 1 aliphatic rings. The summed E-state index contributed by atoms with van der Waals surface area (Å²) in [4.78, 5) is 2.70. The van der Waals surface area contributed by atoms with E-state index in [0.717, 1.165) is 6.54 Å². The topological polar surface area (TPSA) is 15.3 Å². The van der Waals surface area contributed by atoms with Crippen molar-refractivity contribution in [2.24, 2.45) is 5.92 Å². The van der Waals surface area contributed by atoms with E-state index in [1.54, 1.807) is 11.3 Å². The average Bonchev–Trinajstić information content (AvgIpc) is 2.90. The van der Waals surface area contributed by atoms with Crippen molar-refractivity contribution in [3.63, 3.8) is 0 Å². The van der Waals surface area contributed by atoms with E-state index in [-0.39, 0.29) is 0 Å². The van der Waals surface area contributed by atoms with Crippen molar-refractivity contribution in [1.29, 1.82) is 0 Å². The number of hydrogen-bond donors (Lipinski definition) is 1. The molecule has 1 fully saturated rings. The molecular weight excluding hydrogens is 240 g/mol. The summed E-state index contributed by atoms with van der Waals surface area (Å²) < 4.78 is 0. The fourth-order valence-corrected chi connectivity index (χ4v) is 3.60. The number of piperazine rings is 1. The fraction of sp³-hybridized carbons (Fsp3) is 0.733. The SMILES string of the molecule is CCC1CNC(C(C)C)CN1C(C)c1ccsc1. The van der Waals surface area contributed by atoms with Crippen LogP contribution in [0.4, 0.5) is 0 Å². The Kier molecular flexibility index (Phi) is 4.82. The summed E-state index contributed by atoms with van der Waals surface area (Å²) in [5, 5.41) is 8.20. The van der Waals surface area contributed by atoms with Gasteiger partial charge >= 0.3 is 0 Å². The van der Waals surface area contributed by atoms with Crippen molar-refractivity contribution >= 4 is 11.3 Å². The molecule has 1 aromatic rings. The molecule has 102 valence electrons. The molecule has 0 bridgehead atoms. The Bertz CT molecular complexity index is 347. The summed E-state index contributed by atoms with van der Waals surface area (Å²) in [6.07, 6.45) is 1.23. The van der Waals surface area contributed by atoms with Gasteiger partial charge < -0.3 is 5.32 Å². The lowest BCUT2D eigenvalue weighted by atomic mass is 9.96. The maximum Gasteiger partial charge on any atom is 0.0332 e. The lowest BCUT2D eigenvalue weighted by Gasteiger charge is -2.44. The molecule has 3 atom stereocenters. The minimum absolute atomic E-state index is 0.546. The number of hydrogen-bond acceptors (Lipinski definition) is 3.